The average molecular weight is 351 g/mol. The molecule has 0 aromatic heterocycles. The van der Waals surface area contributed by atoms with Crippen LogP contribution in [0.5, 0.6) is 0 Å². The van der Waals surface area contributed by atoms with Crippen molar-refractivity contribution in [2.24, 2.45) is 11.8 Å². The summed E-state index contributed by atoms with van der Waals surface area (Å²) in [5.74, 6) is 1.78. The molecule has 3 unspecified atom stereocenters. The molecule has 118 valence electrons. The van der Waals surface area contributed by atoms with Crippen LogP contribution in [0.15, 0.2) is 24.3 Å². The molecule has 0 heterocycles. The molecular weight excluding hydrogens is 320 g/mol. The van der Waals surface area contributed by atoms with Gasteiger partial charge in [0, 0.05) is 4.83 Å². The zero-order chi connectivity index (χ0) is 15.5. The van der Waals surface area contributed by atoms with E-state index in [9.17, 15) is 0 Å². The summed E-state index contributed by atoms with van der Waals surface area (Å²) in [6.07, 6.45) is 8.17. The van der Waals surface area contributed by atoms with Crippen molar-refractivity contribution in [3.05, 3.63) is 35.4 Å². The summed E-state index contributed by atoms with van der Waals surface area (Å²) in [5.41, 5.74) is 3.21. The molecule has 1 aliphatic rings. The van der Waals surface area contributed by atoms with Crippen molar-refractivity contribution in [1.82, 2.24) is 0 Å². The van der Waals surface area contributed by atoms with Gasteiger partial charge in [0.2, 0.25) is 0 Å². The van der Waals surface area contributed by atoms with Gasteiger partial charge in [-0.15, -0.1) is 0 Å². The summed E-state index contributed by atoms with van der Waals surface area (Å²) >= 11 is 3.94. The normalized spacial score (nSPS) is 26.8. The molecule has 0 nitrogen and oxygen atoms in total. The van der Waals surface area contributed by atoms with E-state index in [0.29, 0.717) is 4.83 Å². The summed E-state index contributed by atoms with van der Waals surface area (Å²) in [6.45, 7) is 9.17. The number of halogens is 1. The van der Waals surface area contributed by atoms with Gasteiger partial charge in [-0.2, -0.15) is 0 Å². The quantitative estimate of drug-likeness (QED) is 0.543. The van der Waals surface area contributed by atoms with Gasteiger partial charge in [0.05, 0.1) is 0 Å². The molecule has 0 spiro atoms. The molecule has 0 radical (unpaired) electrons. The van der Waals surface area contributed by atoms with E-state index in [4.69, 9.17) is 0 Å². The largest absolute Gasteiger partial charge is 0.0888 e. The van der Waals surface area contributed by atoms with E-state index in [-0.39, 0.29) is 5.41 Å². The SMILES string of the molecule is CCCC1CCC(Br)C(Cc2ccc(C(C)(C)C)cc2)C1. The topological polar surface area (TPSA) is 0 Å². The molecular formula is C20H31Br. The smallest absolute Gasteiger partial charge is 0.0177 e. The molecule has 0 aliphatic heterocycles. The lowest BCUT2D eigenvalue weighted by Gasteiger charge is -2.33. The lowest BCUT2D eigenvalue weighted by Crippen LogP contribution is -2.26. The minimum absolute atomic E-state index is 0.257. The molecule has 21 heavy (non-hydrogen) atoms. The molecule has 1 aromatic rings. The first-order valence-electron chi connectivity index (χ1n) is 8.63. The van der Waals surface area contributed by atoms with Gasteiger partial charge in [0.25, 0.3) is 0 Å². The fourth-order valence-electron chi connectivity index (χ4n) is 3.65. The lowest BCUT2D eigenvalue weighted by molar-refractivity contribution is 0.263. The van der Waals surface area contributed by atoms with E-state index in [2.05, 4.69) is 67.9 Å². The van der Waals surface area contributed by atoms with Crippen molar-refractivity contribution >= 4 is 15.9 Å². The van der Waals surface area contributed by atoms with Crippen molar-refractivity contribution in [2.45, 2.75) is 76.5 Å². The van der Waals surface area contributed by atoms with E-state index >= 15 is 0 Å². The van der Waals surface area contributed by atoms with Gasteiger partial charge >= 0.3 is 0 Å². The van der Waals surface area contributed by atoms with Crippen LogP contribution in [0.3, 0.4) is 0 Å². The highest BCUT2D eigenvalue weighted by Crippen LogP contribution is 2.37. The highest BCUT2D eigenvalue weighted by molar-refractivity contribution is 9.09. The van der Waals surface area contributed by atoms with Gasteiger partial charge in [-0.05, 0) is 54.1 Å². The number of hydrogen-bond acceptors (Lipinski definition) is 0. The van der Waals surface area contributed by atoms with E-state index in [1.54, 1.807) is 0 Å². The molecule has 1 fully saturated rings. The number of benzene rings is 1. The van der Waals surface area contributed by atoms with E-state index in [1.807, 2.05) is 0 Å². The second kappa shape index (κ2) is 7.31. The van der Waals surface area contributed by atoms with Crippen molar-refractivity contribution in [3.63, 3.8) is 0 Å². The number of hydrogen-bond donors (Lipinski definition) is 0. The van der Waals surface area contributed by atoms with Crippen molar-refractivity contribution in [1.29, 1.82) is 0 Å². The van der Waals surface area contributed by atoms with Crippen molar-refractivity contribution < 1.29 is 0 Å². The van der Waals surface area contributed by atoms with Crippen LogP contribution < -0.4 is 0 Å². The molecule has 1 aliphatic carbocycles. The first kappa shape index (κ1) is 17.1. The first-order valence-corrected chi connectivity index (χ1v) is 9.55. The lowest BCUT2D eigenvalue weighted by atomic mass is 9.76. The maximum absolute atomic E-state index is 3.94. The molecule has 0 saturated heterocycles. The van der Waals surface area contributed by atoms with Crippen LogP contribution in [-0.4, -0.2) is 4.83 Å². The second-order valence-electron chi connectivity index (χ2n) is 7.89. The molecule has 0 amide bonds. The summed E-state index contributed by atoms with van der Waals surface area (Å²) in [7, 11) is 0. The van der Waals surface area contributed by atoms with Gasteiger partial charge in [-0.1, -0.05) is 80.7 Å². The maximum atomic E-state index is 3.94. The zero-order valence-electron chi connectivity index (χ0n) is 14.2. The molecule has 0 N–H and O–H groups in total. The van der Waals surface area contributed by atoms with Gasteiger partial charge < -0.3 is 0 Å². The number of alkyl halides is 1. The van der Waals surface area contributed by atoms with Crippen LogP contribution in [0.1, 0.15) is 70.9 Å². The fraction of sp³-hybridized carbons (Fsp3) is 0.700. The van der Waals surface area contributed by atoms with Crippen molar-refractivity contribution in [3.8, 4) is 0 Å². The first-order chi connectivity index (χ1) is 9.90. The third-order valence-electron chi connectivity index (χ3n) is 5.01. The molecule has 1 aromatic carbocycles. The Morgan fingerprint density at radius 2 is 1.76 bits per heavy atom. The van der Waals surface area contributed by atoms with Gasteiger partial charge in [-0.25, -0.2) is 0 Å². The molecule has 1 saturated carbocycles. The van der Waals surface area contributed by atoms with Crippen LogP contribution in [0.25, 0.3) is 0 Å². The minimum atomic E-state index is 0.257. The van der Waals surface area contributed by atoms with Crippen LogP contribution >= 0.6 is 15.9 Å². The summed E-state index contributed by atoms with van der Waals surface area (Å²) in [6, 6.07) is 9.35. The average Bonchev–Trinajstić information content (AvgIpc) is 2.42. The third kappa shape index (κ3) is 4.84. The molecule has 0 bridgehead atoms. The summed E-state index contributed by atoms with van der Waals surface area (Å²) in [4.78, 5) is 0.716. The molecule has 1 heteroatoms. The zero-order valence-corrected chi connectivity index (χ0v) is 15.7. The summed E-state index contributed by atoms with van der Waals surface area (Å²) in [5, 5.41) is 0. The van der Waals surface area contributed by atoms with Crippen LogP contribution in [0.2, 0.25) is 0 Å². The Balaban J connectivity index is 1.99. The Labute approximate surface area is 139 Å². The fourth-order valence-corrected chi connectivity index (χ4v) is 4.32. The van der Waals surface area contributed by atoms with Crippen molar-refractivity contribution in [2.75, 3.05) is 0 Å². The minimum Gasteiger partial charge on any atom is -0.0888 e. The van der Waals surface area contributed by atoms with Crippen LogP contribution in [0.4, 0.5) is 0 Å². The monoisotopic (exact) mass is 350 g/mol. The van der Waals surface area contributed by atoms with Crippen LogP contribution in [-0.2, 0) is 11.8 Å². The standard InChI is InChI=1S/C20H31Br/c1-5-6-15-9-12-19(21)17(13-15)14-16-7-10-18(11-8-16)20(2,3)4/h7-8,10-11,15,17,19H,5-6,9,12-14H2,1-4H3. The Morgan fingerprint density at radius 1 is 1.10 bits per heavy atom. The summed E-state index contributed by atoms with van der Waals surface area (Å²) < 4.78 is 0. The molecule has 2 rings (SSSR count). The highest BCUT2D eigenvalue weighted by Gasteiger charge is 2.28. The second-order valence-corrected chi connectivity index (χ2v) is 9.07. The van der Waals surface area contributed by atoms with Gasteiger partial charge in [0.1, 0.15) is 0 Å². The highest BCUT2D eigenvalue weighted by atomic mass is 79.9. The van der Waals surface area contributed by atoms with Gasteiger partial charge in [0.15, 0.2) is 0 Å². The Kier molecular flexibility index (Phi) is 5.94. The van der Waals surface area contributed by atoms with Gasteiger partial charge in [-0.3, -0.25) is 0 Å². The Bertz CT molecular complexity index is 426. The Morgan fingerprint density at radius 3 is 2.33 bits per heavy atom. The van der Waals surface area contributed by atoms with E-state index in [0.717, 1.165) is 11.8 Å². The third-order valence-corrected chi connectivity index (χ3v) is 6.22. The molecule has 3 atom stereocenters. The van der Waals surface area contributed by atoms with Crippen LogP contribution in [0, 0.1) is 11.8 Å². The van der Waals surface area contributed by atoms with E-state index < -0.39 is 0 Å². The number of rotatable bonds is 4. The Hall–Kier alpha value is -0.300. The van der Waals surface area contributed by atoms with E-state index in [1.165, 1.54) is 49.7 Å². The predicted molar refractivity (Wildman–Crippen MR) is 97.3 cm³/mol. The predicted octanol–water partition coefficient (Wildman–Crippen LogP) is 6.51. The maximum Gasteiger partial charge on any atom is 0.0177 e.